The minimum absolute atomic E-state index is 0.280. The summed E-state index contributed by atoms with van der Waals surface area (Å²) >= 11 is 1.57. The molecule has 144 valence electrons. The quantitative estimate of drug-likeness (QED) is 0.411. The molecule has 7 heteroatoms. The van der Waals surface area contributed by atoms with Crippen molar-refractivity contribution >= 4 is 22.8 Å². The van der Waals surface area contributed by atoms with Crippen LogP contribution >= 0.6 is 11.8 Å². The third kappa shape index (κ3) is 5.15. The summed E-state index contributed by atoms with van der Waals surface area (Å²) in [4.78, 5) is 4.64. The largest absolute Gasteiger partial charge is 0.494 e. The highest BCUT2D eigenvalue weighted by molar-refractivity contribution is 7.99. The number of aliphatic hydroxyl groups is 2. The highest BCUT2D eigenvalue weighted by Crippen LogP contribution is 2.25. The first-order valence-electron chi connectivity index (χ1n) is 8.94. The molecule has 0 aliphatic heterocycles. The summed E-state index contributed by atoms with van der Waals surface area (Å²) in [6.07, 6.45) is -0.818. The van der Waals surface area contributed by atoms with Crippen molar-refractivity contribution in [3.05, 3.63) is 48.5 Å². The molecule has 27 heavy (non-hydrogen) atoms. The van der Waals surface area contributed by atoms with Gasteiger partial charge in [-0.15, -0.1) is 0 Å². The zero-order chi connectivity index (χ0) is 19.1. The molecule has 3 rings (SSSR count). The van der Waals surface area contributed by atoms with Gasteiger partial charge in [-0.25, -0.2) is 4.98 Å². The van der Waals surface area contributed by atoms with E-state index in [1.807, 2.05) is 60.0 Å². The minimum Gasteiger partial charge on any atom is -0.494 e. The van der Waals surface area contributed by atoms with E-state index in [1.54, 1.807) is 11.8 Å². The number of imidazole rings is 1. The lowest BCUT2D eigenvalue weighted by atomic mass is 10.3. The summed E-state index contributed by atoms with van der Waals surface area (Å²) in [5.41, 5.74) is 1.82. The molecule has 1 unspecified atom stereocenters. The summed E-state index contributed by atoms with van der Waals surface area (Å²) < 4.78 is 13.1. The Labute approximate surface area is 162 Å². The SMILES string of the molecule is CCOc1ccc(OCCSc2nc3ccccc3n2CC(O)CO)cc1. The van der Waals surface area contributed by atoms with Gasteiger partial charge in [0.05, 0.1) is 43.5 Å². The lowest BCUT2D eigenvalue weighted by Gasteiger charge is -2.12. The normalized spacial score (nSPS) is 12.3. The number of ether oxygens (including phenoxy) is 2. The smallest absolute Gasteiger partial charge is 0.169 e. The Balaban J connectivity index is 1.60. The number of aromatic nitrogens is 2. The van der Waals surface area contributed by atoms with Crippen LogP contribution in [0.1, 0.15) is 6.92 Å². The van der Waals surface area contributed by atoms with Gasteiger partial charge in [-0.1, -0.05) is 23.9 Å². The van der Waals surface area contributed by atoms with E-state index in [2.05, 4.69) is 4.98 Å². The van der Waals surface area contributed by atoms with Gasteiger partial charge in [0, 0.05) is 5.75 Å². The number of para-hydroxylation sites is 2. The summed E-state index contributed by atoms with van der Waals surface area (Å²) in [7, 11) is 0. The number of aliphatic hydroxyl groups excluding tert-OH is 2. The third-order valence-corrected chi connectivity index (χ3v) is 4.88. The molecular formula is C20H24N2O4S. The topological polar surface area (TPSA) is 76.7 Å². The Morgan fingerprint density at radius 2 is 1.78 bits per heavy atom. The van der Waals surface area contributed by atoms with Crippen LogP contribution in [0.3, 0.4) is 0 Å². The molecule has 0 saturated heterocycles. The average Bonchev–Trinajstić information content (AvgIpc) is 3.04. The molecule has 1 atom stereocenters. The second-order valence-corrected chi connectivity index (χ2v) is 6.99. The molecule has 3 aromatic rings. The summed E-state index contributed by atoms with van der Waals surface area (Å²) in [6, 6.07) is 15.3. The lowest BCUT2D eigenvalue weighted by Crippen LogP contribution is -2.20. The van der Waals surface area contributed by atoms with Crippen LogP contribution in [-0.2, 0) is 6.54 Å². The van der Waals surface area contributed by atoms with Crippen LogP contribution in [0.15, 0.2) is 53.7 Å². The molecule has 0 fully saturated rings. The Morgan fingerprint density at radius 1 is 1.07 bits per heavy atom. The van der Waals surface area contributed by atoms with E-state index >= 15 is 0 Å². The molecule has 6 nitrogen and oxygen atoms in total. The number of hydrogen-bond acceptors (Lipinski definition) is 6. The first-order chi connectivity index (χ1) is 13.2. The van der Waals surface area contributed by atoms with Crippen LogP contribution in [-0.4, -0.2) is 51.4 Å². The van der Waals surface area contributed by atoms with Gasteiger partial charge in [0.15, 0.2) is 5.16 Å². The fourth-order valence-electron chi connectivity index (χ4n) is 2.70. The van der Waals surface area contributed by atoms with Crippen LogP contribution in [0.4, 0.5) is 0 Å². The molecule has 0 aliphatic carbocycles. The van der Waals surface area contributed by atoms with Crippen LogP contribution in [0.2, 0.25) is 0 Å². The second-order valence-electron chi connectivity index (χ2n) is 5.93. The highest BCUT2D eigenvalue weighted by Gasteiger charge is 2.14. The van der Waals surface area contributed by atoms with E-state index < -0.39 is 6.10 Å². The van der Waals surface area contributed by atoms with Crippen molar-refractivity contribution in [2.75, 3.05) is 25.6 Å². The number of rotatable bonds is 10. The number of hydrogen-bond donors (Lipinski definition) is 2. The molecule has 1 aromatic heterocycles. The molecule has 0 radical (unpaired) electrons. The maximum absolute atomic E-state index is 9.85. The standard InChI is InChI=1S/C20H24N2O4S/c1-2-25-16-7-9-17(10-8-16)26-11-12-27-20-21-18-5-3-4-6-19(18)22(20)13-15(24)14-23/h3-10,15,23-24H,2,11-14H2,1H3. The Kier molecular flexibility index (Phi) is 6.98. The van der Waals surface area contributed by atoms with Crippen LogP contribution in [0, 0.1) is 0 Å². The minimum atomic E-state index is -0.818. The van der Waals surface area contributed by atoms with Crippen molar-refractivity contribution in [2.45, 2.75) is 24.7 Å². The van der Waals surface area contributed by atoms with E-state index in [0.717, 1.165) is 27.7 Å². The van der Waals surface area contributed by atoms with Gasteiger partial charge in [-0.05, 0) is 43.3 Å². The number of nitrogens with zero attached hydrogens (tertiary/aromatic N) is 2. The number of benzene rings is 2. The summed E-state index contributed by atoms with van der Waals surface area (Å²) in [5.74, 6) is 2.34. The van der Waals surface area contributed by atoms with Gasteiger partial charge in [0.1, 0.15) is 11.5 Å². The van der Waals surface area contributed by atoms with Crippen molar-refractivity contribution in [1.29, 1.82) is 0 Å². The summed E-state index contributed by atoms with van der Waals surface area (Å²) in [6.45, 7) is 3.15. The van der Waals surface area contributed by atoms with E-state index in [4.69, 9.17) is 9.47 Å². The van der Waals surface area contributed by atoms with Crippen molar-refractivity contribution < 1.29 is 19.7 Å². The van der Waals surface area contributed by atoms with Gasteiger partial charge in [0.25, 0.3) is 0 Å². The zero-order valence-corrected chi connectivity index (χ0v) is 16.1. The van der Waals surface area contributed by atoms with Crippen LogP contribution in [0.5, 0.6) is 11.5 Å². The first-order valence-corrected chi connectivity index (χ1v) is 9.92. The van der Waals surface area contributed by atoms with Gasteiger partial charge < -0.3 is 24.3 Å². The Hall–Kier alpha value is -2.22. The van der Waals surface area contributed by atoms with Gasteiger partial charge >= 0.3 is 0 Å². The monoisotopic (exact) mass is 388 g/mol. The van der Waals surface area contributed by atoms with Gasteiger partial charge in [0.2, 0.25) is 0 Å². The maximum atomic E-state index is 9.85. The molecule has 0 aliphatic rings. The maximum Gasteiger partial charge on any atom is 0.169 e. The predicted molar refractivity (Wildman–Crippen MR) is 107 cm³/mol. The number of thioether (sulfide) groups is 1. The van der Waals surface area contributed by atoms with E-state index in [9.17, 15) is 10.2 Å². The molecule has 2 aromatic carbocycles. The fourth-order valence-corrected chi connectivity index (χ4v) is 3.54. The predicted octanol–water partition coefficient (Wildman–Crippen LogP) is 2.96. The van der Waals surface area contributed by atoms with Crippen molar-refractivity contribution in [2.24, 2.45) is 0 Å². The highest BCUT2D eigenvalue weighted by atomic mass is 32.2. The van der Waals surface area contributed by atoms with E-state index in [1.165, 1.54) is 0 Å². The Morgan fingerprint density at radius 3 is 2.48 bits per heavy atom. The average molecular weight is 388 g/mol. The molecule has 0 amide bonds. The molecule has 0 spiro atoms. The van der Waals surface area contributed by atoms with Crippen LogP contribution < -0.4 is 9.47 Å². The molecule has 0 saturated carbocycles. The first kappa shape index (κ1) is 19.5. The van der Waals surface area contributed by atoms with Gasteiger partial charge in [-0.3, -0.25) is 0 Å². The second kappa shape index (κ2) is 9.64. The van der Waals surface area contributed by atoms with Gasteiger partial charge in [-0.2, -0.15) is 0 Å². The van der Waals surface area contributed by atoms with E-state index in [0.29, 0.717) is 25.5 Å². The molecule has 2 N–H and O–H groups in total. The third-order valence-electron chi connectivity index (χ3n) is 3.94. The molecule has 1 heterocycles. The van der Waals surface area contributed by atoms with Crippen molar-refractivity contribution in [1.82, 2.24) is 9.55 Å². The van der Waals surface area contributed by atoms with Crippen molar-refractivity contribution in [3.63, 3.8) is 0 Å². The molecule has 0 bridgehead atoms. The molecular weight excluding hydrogens is 364 g/mol. The van der Waals surface area contributed by atoms with Crippen LogP contribution in [0.25, 0.3) is 11.0 Å². The summed E-state index contributed by atoms with van der Waals surface area (Å²) in [5, 5.41) is 19.8. The van der Waals surface area contributed by atoms with E-state index in [-0.39, 0.29) is 6.61 Å². The fraction of sp³-hybridized carbons (Fsp3) is 0.350. The zero-order valence-electron chi connectivity index (χ0n) is 15.2. The Bertz CT molecular complexity index is 851. The van der Waals surface area contributed by atoms with Crippen molar-refractivity contribution in [3.8, 4) is 11.5 Å². The lowest BCUT2D eigenvalue weighted by molar-refractivity contribution is 0.0802. The number of fused-ring (bicyclic) bond motifs is 1.